The molecule has 0 aromatic carbocycles. The van der Waals surface area contributed by atoms with Crippen LogP contribution in [-0.4, -0.2) is 221 Å². The highest BCUT2D eigenvalue weighted by Gasteiger charge is 2.78. The van der Waals surface area contributed by atoms with E-state index in [0.717, 1.165) is 11.1 Å². The van der Waals surface area contributed by atoms with Gasteiger partial charge in [-0.25, -0.2) is 0 Å². The molecule has 24 nitrogen and oxygen atoms in total. The largest absolute Gasteiger partial charge is 0.468 e. The van der Waals surface area contributed by atoms with Crippen LogP contribution < -0.4 is 0 Å². The summed E-state index contributed by atoms with van der Waals surface area (Å²) in [6, 6.07) is 0. The number of esters is 4. The van der Waals surface area contributed by atoms with Crippen molar-refractivity contribution in [1.82, 2.24) is 0 Å². The minimum absolute atomic E-state index is 0.00220. The number of ether oxygens (including phenoxy) is 7. The number of hydrogen-bond acceptors (Lipinski definition) is 24. The van der Waals surface area contributed by atoms with Gasteiger partial charge in [-0.1, -0.05) is 78.7 Å². The fourth-order valence-electron chi connectivity index (χ4n) is 25.4. The van der Waals surface area contributed by atoms with Crippen LogP contribution in [0.15, 0.2) is 23.3 Å². The summed E-state index contributed by atoms with van der Waals surface area (Å²) in [5.74, 6) is -7.47. The third-order valence-corrected chi connectivity index (χ3v) is 31.7. The smallest absolute Gasteiger partial charge is 0.318 e. The van der Waals surface area contributed by atoms with Gasteiger partial charge in [0, 0.05) is 18.9 Å². The molecule has 13 N–H and O–H groups in total. The first-order valence-electron chi connectivity index (χ1n) is 36.3. The van der Waals surface area contributed by atoms with Crippen molar-refractivity contribution in [2.75, 3.05) is 34.0 Å². The minimum Gasteiger partial charge on any atom is -0.468 e. The standard InChI is InChI=1S/C74H114O24/c1-35-18-24-72(60(87)97-57-51(83)49(81)47(79)41(32-75)94-57)29-27-66(6)38(54(72)71(35,11)91)15-17-44-64(4)31-40(78)56(74(34-76,62(89)93-13)46(64)21-23-68(44,66)8)96-59(86)69(9)45-20-22-67(7)43(63(45,3)30-39(77)55(69)85)16-14-37-53-70(10,90)36(2)19-25-73(53,28-26-65(37,67)5)61(88)98-58-52(84)50(82)48(80)42(95-58)33-92-12/h14-15,35-36,39-58,75-85,90-91H,16-34H2,1-13H3. The van der Waals surface area contributed by atoms with Gasteiger partial charge in [-0.05, 0) is 192 Å². The van der Waals surface area contributed by atoms with Crippen molar-refractivity contribution < 1.29 is 119 Å². The average Bonchev–Trinajstić information content (AvgIpc) is 0.672. The van der Waals surface area contributed by atoms with Gasteiger partial charge in [0.25, 0.3) is 0 Å². The van der Waals surface area contributed by atoms with Crippen LogP contribution in [0, 0.1) is 101 Å². The van der Waals surface area contributed by atoms with E-state index >= 15 is 19.2 Å². The number of allylic oxidation sites excluding steroid dienone is 2. The highest BCUT2D eigenvalue weighted by Crippen LogP contribution is 2.79. The van der Waals surface area contributed by atoms with Crippen LogP contribution in [0.4, 0.5) is 0 Å². The minimum atomic E-state index is -2.05. The zero-order valence-corrected chi connectivity index (χ0v) is 59.6. The Balaban J connectivity index is 0.841. The molecule has 2 saturated heterocycles. The van der Waals surface area contributed by atoms with Gasteiger partial charge >= 0.3 is 23.9 Å². The topological polar surface area (TPSA) is 396 Å². The zero-order valence-electron chi connectivity index (χ0n) is 59.6. The van der Waals surface area contributed by atoms with Crippen LogP contribution in [0.1, 0.15) is 179 Å². The highest BCUT2D eigenvalue weighted by atomic mass is 16.7. The number of aliphatic hydroxyl groups is 13. The first kappa shape index (κ1) is 74.4. The summed E-state index contributed by atoms with van der Waals surface area (Å²) >= 11 is 0. The second-order valence-electron chi connectivity index (χ2n) is 35.4. The molecule has 12 rings (SSSR count). The van der Waals surface area contributed by atoms with Crippen molar-refractivity contribution in [2.45, 2.75) is 276 Å². The first-order chi connectivity index (χ1) is 45.6. The van der Waals surface area contributed by atoms with Crippen LogP contribution in [0.5, 0.6) is 0 Å². The fourth-order valence-corrected chi connectivity index (χ4v) is 25.4. The molecule has 10 aliphatic carbocycles. The molecule has 2 heterocycles. The van der Waals surface area contributed by atoms with Crippen molar-refractivity contribution in [2.24, 2.45) is 101 Å². The van der Waals surface area contributed by atoms with E-state index in [0.29, 0.717) is 70.6 Å². The van der Waals surface area contributed by atoms with Crippen LogP contribution in [-0.2, 0) is 52.3 Å². The number of carbonyl (C=O) groups is 4. The molecule has 12 aliphatic rings. The van der Waals surface area contributed by atoms with Crippen LogP contribution >= 0.6 is 0 Å². The number of carbonyl (C=O) groups excluding carboxylic acids is 4. The molecular formula is C74H114O24. The summed E-state index contributed by atoms with van der Waals surface area (Å²) in [7, 11) is 2.57. The van der Waals surface area contributed by atoms with E-state index < -0.39 is 212 Å². The van der Waals surface area contributed by atoms with Crippen molar-refractivity contribution >= 4 is 23.9 Å². The molecule has 0 bridgehead atoms. The molecule has 98 heavy (non-hydrogen) atoms. The van der Waals surface area contributed by atoms with E-state index in [9.17, 15) is 66.4 Å². The summed E-state index contributed by atoms with van der Waals surface area (Å²) in [4.78, 5) is 61.3. The van der Waals surface area contributed by atoms with Crippen LogP contribution in [0.3, 0.4) is 0 Å². The molecule has 8 saturated carbocycles. The second kappa shape index (κ2) is 24.7. The van der Waals surface area contributed by atoms with Gasteiger partial charge in [-0.3, -0.25) is 19.2 Å². The third-order valence-electron chi connectivity index (χ3n) is 31.7. The maximum atomic E-state index is 16.0. The van der Waals surface area contributed by atoms with Gasteiger partial charge in [-0.15, -0.1) is 0 Å². The van der Waals surface area contributed by atoms with E-state index in [-0.39, 0.29) is 62.4 Å². The molecule has 10 fully saturated rings. The Hall–Kier alpha value is -3.28. The lowest BCUT2D eigenvalue weighted by molar-refractivity contribution is -0.300. The monoisotopic (exact) mass is 1390 g/mol. The van der Waals surface area contributed by atoms with Gasteiger partial charge in [0.15, 0.2) is 0 Å². The van der Waals surface area contributed by atoms with Crippen LogP contribution in [0.25, 0.3) is 0 Å². The summed E-state index contributed by atoms with van der Waals surface area (Å²) in [5.41, 5.74) is -12.3. The average molecular weight is 1390 g/mol. The van der Waals surface area contributed by atoms with E-state index in [1.54, 1.807) is 20.8 Å². The lowest BCUT2D eigenvalue weighted by Gasteiger charge is -2.72. The number of aliphatic hydroxyl groups excluding tert-OH is 11. The van der Waals surface area contributed by atoms with E-state index in [1.165, 1.54) is 14.2 Å². The summed E-state index contributed by atoms with van der Waals surface area (Å²) in [5, 5.41) is 151. The van der Waals surface area contributed by atoms with E-state index in [2.05, 4.69) is 46.8 Å². The van der Waals surface area contributed by atoms with E-state index in [4.69, 9.17) is 33.2 Å². The maximum absolute atomic E-state index is 16.0. The summed E-state index contributed by atoms with van der Waals surface area (Å²) in [6.07, 6.45) is -12.9. The predicted molar refractivity (Wildman–Crippen MR) is 346 cm³/mol. The zero-order chi connectivity index (χ0) is 72.0. The second-order valence-corrected chi connectivity index (χ2v) is 35.4. The van der Waals surface area contributed by atoms with Gasteiger partial charge in [0.05, 0.1) is 72.7 Å². The summed E-state index contributed by atoms with van der Waals surface area (Å²) < 4.78 is 41.3. The Morgan fingerprint density at radius 1 is 0.500 bits per heavy atom. The predicted octanol–water partition coefficient (Wildman–Crippen LogP) is 3.19. The number of rotatable bonds is 11. The van der Waals surface area contributed by atoms with E-state index in [1.807, 2.05) is 20.8 Å². The van der Waals surface area contributed by atoms with Crippen molar-refractivity contribution in [3.63, 3.8) is 0 Å². The van der Waals surface area contributed by atoms with Gasteiger partial charge < -0.3 is 99.5 Å². The third kappa shape index (κ3) is 9.76. The molecule has 0 spiro atoms. The Morgan fingerprint density at radius 3 is 1.39 bits per heavy atom. The van der Waals surface area contributed by atoms with Crippen molar-refractivity contribution in [3.8, 4) is 0 Å². The number of methoxy groups -OCH3 is 2. The quantitative estimate of drug-likeness (QED) is 0.0802. The molecule has 2 aliphatic heterocycles. The highest BCUT2D eigenvalue weighted by molar-refractivity contribution is 5.83. The normalized spacial score (nSPS) is 55.7. The molecule has 34 unspecified atom stereocenters. The lowest BCUT2D eigenvalue weighted by atomic mass is 9.32. The van der Waals surface area contributed by atoms with Gasteiger partial charge in [-0.2, -0.15) is 0 Å². The number of fused-ring (bicyclic) bond motifs is 14. The van der Waals surface area contributed by atoms with Gasteiger partial charge in [0.2, 0.25) is 12.6 Å². The molecule has 34 atom stereocenters. The molecule has 0 amide bonds. The Morgan fingerprint density at radius 2 is 0.939 bits per heavy atom. The lowest BCUT2D eigenvalue weighted by Crippen LogP contribution is -2.73. The maximum Gasteiger partial charge on any atom is 0.318 e. The number of hydrogen-bond donors (Lipinski definition) is 13. The molecular weight excluding hydrogens is 1270 g/mol. The molecule has 0 aromatic rings. The first-order valence-corrected chi connectivity index (χ1v) is 36.3. The van der Waals surface area contributed by atoms with Crippen LogP contribution in [0.2, 0.25) is 0 Å². The Labute approximate surface area is 575 Å². The van der Waals surface area contributed by atoms with Crippen molar-refractivity contribution in [1.29, 1.82) is 0 Å². The molecule has 554 valence electrons. The van der Waals surface area contributed by atoms with Crippen molar-refractivity contribution in [3.05, 3.63) is 23.3 Å². The molecule has 0 aromatic heterocycles. The molecule has 0 radical (unpaired) electrons. The fraction of sp³-hybridized carbons (Fsp3) is 0.892. The summed E-state index contributed by atoms with van der Waals surface area (Å²) in [6.45, 7) is 20.0. The Kier molecular flexibility index (Phi) is 18.7. The van der Waals surface area contributed by atoms with Gasteiger partial charge in [0.1, 0.15) is 60.4 Å². The Bertz CT molecular complexity index is 3170. The SMILES string of the molecule is COCC1OC(OC(=O)C23CCC(C)C(C)(O)C2C2=CCC4C5(C)CC(O)C(O)C(C)(C(=O)OC6C(O)CC7(C)C(CCC8(C)C7CC=C7C9C(C(=O)OC%10OC(CO)C(O)C(O)C%10O)(CCC(C)C9(C)O)CCC78C)C6(CO)C(=O)OC)C5CCC4(C)C2(C)CC3)C(O)C(O)C1O. The molecule has 24 heteroatoms.